The van der Waals surface area contributed by atoms with Crippen LogP contribution < -0.4 is 4.74 Å². The average Bonchev–Trinajstić information content (AvgIpc) is 2.59. The van der Waals surface area contributed by atoms with E-state index in [1.165, 1.54) is 12.1 Å². The number of hydrogen-bond donors (Lipinski definition) is 1. The van der Waals surface area contributed by atoms with Gasteiger partial charge in [0.25, 0.3) is 0 Å². The molecule has 0 fully saturated rings. The maximum atomic E-state index is 13.1. The summed E-state index contributed by atoms with van der Waals surface area (Å²) in [6.45, 7) is 0. The van der Waals surface area contributed by atoms with Crippen LogP contribution in [0.25, 0.3) is 5.57 Å². The number of oxime groups is 1. The largest absolute Gasteiger partial charge is 0.451 e. The van der Waals surface area contributed by atoms with E-state index in [9.17, 15) is 18.4 Å². The number of nitrogens with zero attached hydrogens (tertiary/aromatic N) is 1. The van der Waals surface area contributed by atoms with Crippen LogP contribution in [0.5, 0.6) is 5.75 Å². The Labute approximate surface area is 136 Å². The van der Waals surface area contributed by atoms with Crippen molar-refractivity contribution in [2.45, 2.75) is 6.18 Å². The Bertz CT molecular complexity index is 837. The quantitative estimate of drug-likeness (QED) is 0.488. The first-order valence-electron chi connectivity index (χ1n) is 7.04. The third-order valence-electron chi connectivity index (χ3n) is 3.45. The van der Waals surface area contributed by atoms with Crippen molar-refractivity contribution in [3.05, 3.63) is 83.6 Å². The Hall–Kier alpha value is -3.02. The van der Waals surface area contributed by atoms with Crippen LogP contribution in [0.3, 0.4) is 0 Å². The van der Waals surface area contributed by atoms with Gasteiger partial charge in [0.15, 0.2) is 0 Å². The molecular weight excluding hydrogens is 319 g/mol. The highest BCUT2D eigenvalue weighted by atomic mass is 19.4. The highest BCUT2D eigenvalue weighted by molar-refractivity contribution is 6.13. The molecule has 122 valence electrons. The van der Waals surface area contributed by atoms with Gasteiger partial charge < -0.3 is 9.94 Å². The van der Waals surface area contributed by atoms with Crippen molar-refractivity contribution in [1.29, 1.82) is 0 Å². The van der Waals surface area contributed by atoms with E-state index in [1.807, 2.05) is 0 Å². The number of fused-ring (bicyclic) bond motifs is 1. The fraction of sp³-hybridized carbons (Fsp3) is 0.0556. The van der Waals surface area contributed by atoms with Gasteiger partial charge in [0, 0.05) is 11.1 Å². The lowest BCUT2D eigenvalue weighted by atomic mass is 9.98. The lowest BCUT2D eigenvalue weighted by Gasteiger charge is -2.21. The molecule has 1 aliphatic heterocycles. The molecule has 0 bridgehead atoms. The van der Waals surface area contributed by atoms with Crippen LogP contribution in [-0.2, 0) is 0 Å². The molecule has 1 N–H and O–H groups in total. The minimum atomic E-state index is -4.62. The molecule has 3 nitrogen and oxygen atoms in total. The second-order valence-electron chi connectivity index (χ2n) is 5.06. The van der Waals surface area contributed by atoms with Gasteiger partial charge in [-0.3, -0.25) is 0 Å². The Balaban J connectivity index is 2.12. The van der Waals surface area contributed by atoms with Crippen molar-refractivity contribution >= 4 is 11.3 Å². The standard InChI is InChI=1S/C18H12F3NO2/c19-18(20,21)17-11-13(14-8-4-5-9-16(14)24-17)10-15(22-23)12-6-2-1-3-7-12/h1-11,23H/b13-10-,22-15-. The van der Waals surface area contributed by atoms with Crippen LogP contribution in [-0.4, -0.2) is 17.1 Å². The molecule has 0 aromatic heterocycles. The Morgan fingerprint density at radius 3 is 2.33 bits per heavy atom. The number of rotatable bonds is 2. The summed E-state index contributed by atoms with van der Waals surface area (Å²) in [5.74, 6) is -1.01. The zero-order chi connectivity index (χ0) is 17.2. The van der Waals surface area contributed by atoms with Gasteiger partial charge in [-0.25, -0.2) is 0 Å². The van der Waals surface area contributed by atoms with E-state index in [1.54, 1.807) is 48.5 Å². The van der Waals surface area contributed by atoms with E-state index >= 15 is 0 Å². The number of allylic oxidation sites excluding steroid dienone is 4. The molecule has 0 unspecified atom stereocenters. The van der Waals surface area contributed by atoms with Gasteiger partial charge >= 0.3 is 6.18 Å². The van der Waals surface area contributed by atoms with Gasteiger partial charge in [-0.1, -0.05) is 53.7 Å². The monoisotopic (exact) mass is 331 g/mol. The molecule has 24 heavy (non-hydrogen) atoms. The van der Waals surface area contributed by atoms with E-state index in [4.69, 9.17) is 4.74 Å². The number of hydrogen-bond acceptors (Lipinski definition) is 3. The normalized spacial score (nSPS) is 16.4. The third-order valence-corrected chi connectivity index (χ3v) is 3.45. The van der Waals surface area contributed by atoms with Crippen LogP contribution in [0.15, 0.2) is 77.7 Å². The zero-order valence-corrected chi connectivity index (χ0v) is 12.3. The summed E-state index contributed by atoms with van der Waals surface area (Å²) in [4.78, 5) is 0. The molecule has 0 aliphatic carbocycles. The Kier molecular flexibility index (Phi) is 4.12. The first-order chi connectivity index (χ1) is 11.5. The topological polar surface area (TPSA) is 41.8 Å². The summed E-state index contributed by atoms with van der Waals surface area (Å²) in [5.41, 5.74) is 1.47. The van der Waals surface area contributed by atoms with Crippen LogP contribution in [0.2, 0.25) is 0 Å². The molecular formula is C18H12F3NO2. The van der Waals surface area contributed by atoms with Crippen LogP contribution in [0.4, 0.5) is 13.2 Å². The summed E-state index contributed by atoms with van der Waals surface area (Å²) < 4.78 is 44.1. The van der Waals surface area contributed by atoms with Crippen molar-refractivity contribution in [3.8, 4) is 5.75 Å². The molecule has 0 radical (unpaired) electrons. The van der Waals surface area contributed by atoms with Crippen LogP contribution in [0, 0.1) is 0 Å². The summed E-state index contributed by atoms with van der Waals surface area (Å²) in [5, 5.41) is 12.5. The van der Waals surface area contributed by atoms with Crippen molar-refractivity contribution in [2.24, 2.45) is 5.16 Å². The van der Waals surface area contributed by atoms with Crippen molar-refractivity contribution < 1.29 is 23.1 Å². The molecule has 6 heteroatoms. The lowest BCUT2D eigenvalue weighted by molar-refractivity contribution is -0.116. The molecule has 1 heterocycles. The molecule has 0 saturated heterocycles. The van der Waals surface area contributed by atoms with Crippen LogP contribution in [0.1, 0.15) is 11.1 Å². The lowest BCUT2D eigenvalue weighted by Crippen LogP contribution is -2.20. The minimum absolute atomic E-state index is 0.101. The molecule has 2 aromatic rings. The second kappa shape index (κ2) is 6.23. The predicted octanol–water partition coefficient (Wildman–Crippen LogP) is 4.79. The van der Waals surface area contributed by atoms with Crippen molar-refractivity contribution in [3.63, 3.8) is 0 Å². The van der Waals surface area contributed by atoms with Gasteiger partial charge in [-0.15, -0.1) is 0 Å². The summed E-state index contributed by atoms with van der Waals surface area (Å²) in [6, 6.07) is 15.1. The molecule has 0 atom stereocenters. The molecule has 2 aromatic carbocycles. The predicted molar refractivity (Wildman–Crippen MR) is 84.0 cm³/mol. The average molecular weight is 331 g/mol. The fourth-order valence-corrected chi connectivity index (χ4v) is 2.35. The van der Waals surface area contributed by atoms with Crippen molar-refractivity contribution in [2.75, 3.05) is 0 Å². The number of halogens is 3. The summed E-state index contributed by atoms with van der Waals surface area (Å²) in [7, 11) is 0. The number of ether oxygens (including phenoxy) is 1. The highest BCUT2D eigenvalue weighted by Gasteiger charge is 2.38. The highest BCUT2D eigenvalue weighted by Crippen LogP contribution is 2.39. The molecule has 0 spiro atoms. The molecule has 3 rings (SSSR count). The SMILES string of the molecule is O/N=C(/C=C1/C=C(C(F)(F)F)Oc2ccccc21)c1ccccc1. The van der Waals surface area contributed by atoms with Gasteiger partial charge in [0.1, 0.15) is 11.5 Å². The smallest absolute Gasteiger partial charge is 0.449 e. The third kappa shape index (κ3) is 3.17. The van der Waals surface area contributed by atoms with E-state index < -0.39 is 11.9 Å². The second-order valence-corrected chi connectivity index (χ2v) is 5.06. The number of para-hydroxylation sites is 1. The maximum Gasteiger partial charge on any atom is 0.449 e. The Morgan fingerprint density at radius 2 is 1.67 bits per heavy atom. The first kappa shape index (κ1) is 15.9. The fourth-order valence-electron chi connectivity index (χ4n) is 2.35. The van der Waals surface area contributed by atoms with E-state index in [2.05, 4.69) is 5.16 Å². The van der Waals surface area contributed by atoms with Crippen molar-refractivity contribution in [1.82, 2.24) is 0 Å². The van der Waals surface area contributed by atoms with E-state index in [0.717, 1.165) is 6.08 Å². The van der Waals surface area contributed by atoms with Gasteiger partial charge in [-0.2, -0.15) is 13.2 Å². The molecule has 1 aliphatic rings. The number of alkyl halides is 3. The Morgan fingerprint density at radius 1 is 1.00 bits per heavy atom. The first-order valence-corrected chi connectivity index (χ1v) is 7.04. The number of benzene rings is 2. The summed E-state index contributed by atoms with van der Waals surface area (Å²) >= 11 is 0. The zero-order valence-electron chi connectivity index (χ0n) is 12.3. The van der Waals surface area contributed by atoms with E-state index in [-0.39, 0.29) is 17.0 Å². The molecule has 0 saturated carbocycles. The van der Waals surface area contributed by atoms with E-state index in [0.29, 0.717) is 11.1 Å². The van der Waals surface area contributed by atoms with Gasteiger partial charge in [0.05, 0.1) is 0 Å². The maximum absolute atomic E-state index is 13.1. The van der Waals surface area contributed by atoms with Gasteiger partial charge in [-0.05, 0) is 23.8 Å². The minimum Gasteiger partial charge on any atom is -0.451 e. The van der Waals surface area contributed by atoms with Gasteiger partial charge in [0.2, 0.25) is 5.76 Å². The summed E-state index contributed by atoms with van der Waals surface area (Å²) in [6.07, 6.45) is -2.32. The molecule has 0 amide bonds. The van der Waals surface area contributed by atoms with Crippen LogP contribution >= 0.6 is 0 Å².